The van der Waals surface area contributed by atoms with Gasteiger partial charge in [0, 0.05) is 13.0 Å². The Morgan fingerprint density at radius 1 is 1.23 bits per heavy atom. The van der Waals surface area contributed by atoms with Crippen LogP contribution >= 0.6 is 11.3 Å². The molecule has 2 aromatic heterocycles. The second kappa shape index (κ2) is 8.19. The van der Waals surface area contributed by atoms with Gasteiger partial charge in [0.25, 0.3) is 5.56 Å². The van der Waals surface area contributed by atoms with E-state index >= 15 is 0 Å². The minimum atomic E-state index is -0.742. The number of carbonyl (C=O) groups is 2. The number of carbonyl (C=O) groups excluding carboxylic acids is 2. The summed E-state index contributed by atoms with van der Waals surface area (Å²) in [5.74, 6) is -0.112. The number of methoxy groups -OCH3 is 1. The normalized spacial score (nSPS) is 16.0. The van der Waals surface area contributed by atoms with Crippen molar-refractivity contribution < 1.29 is 23.5 Å². The Labute approximate surface area is 180 Å². The third kappa shape index (κ3) is 3.87. The van der Waals surface area contributed by atoms with Gasteiger partial charge in [0.15, 0.2) is 4.80 Å². The summed E-state index contributed by atoms with van der Waals surface area (Å²) in [5.41, 5.74) is 1.07. The number of esters is 2. The Bertz CT molecular complexity index is 1360. The lowest BCUT2D eigenvalue weighted by Gasteiger charge is -2.24. The van der Waals surface area contributed by atoms with E-state index in [-0.39, 0.29) is 11.1 Å². The van der Waals surface area contributed by atoms with Crippen molar-refractivity contribution in [2.45, 2.75) is 19.9 Å². The van der Waals surface area contributed by atoms with Crippen molar-refractivity contribution in [1.82, 2.24) is 4.57 Å². The first-order valence-electron chi connectivity index (χ1n) is 9.32. The van der Waals surface area contributed by atoms with Crippen molar-refractivity contribution in [2.75, 3.05) is 7.11 Å². The number of thiazole rings is 1. The lowest BCUT2D eigenvalue weighted by Crippen LogP contribution is -2.39. The quantitative estimate of drug-likeness (QED) is 0.456. The van der Waals surface area contributed by atoms with Gasteiger partial charge in [0.2, 0.25) is 0 Å². The first kappa shape index (κ1) is 20.5. The van der Waals surface area contributed by atoms with Gasteiger partial charge >= 0.3 is 11.9 Å². The van der Waals surface area contributed by atoms with E-state index < -0.39 is 18.0 Å². The van der Waals surface area contributed by atoms with Gasteiger partial charge in [0.1, 0.15) is 11.5 Å². The summed E-state index contributed by atoms with van der Waals surface area (Å²) < 4.78 is 17.3. The average Bonchev–Trinajstić information content (AvgIpc) is 3.35. The van der Waals surface area contributed by atoms with Crippen molar-refractivity contribution in [1.29, 1.82) is 0 Å². The lowest BCUT2D eigenvalue weighted by atomic mass is 9.96. The number of aromatic nitrogens is 1. The number of furan rings is 1. The molecule has 1 aliphatic rings. The smallest absolute Gasteiger partial charge is 0.338 e. The molecule has 9 heteroatoms. The molecule has 1 aliphatic heterocycles. The number of ether oxygens (including phenoxy) is 2. The number of allylic oxidation sites excluding steroid dienone is 1. The standard InChI is InChI=1S/C22H18N2O6S/c1-12-18(21(27)28-3)19(14-6-8-15(9-7-14)30-13(2)25)24-20(26)17(31-22(24)23-12)11-16-5-4-10-29-16/h4-11,19H,1-3H3. The van der Waals surface area contributed by atoms with Gasteiger partial charge in [-0.2, -0.15) is 0 Å². The molecule has 0 saturated heterocycles. The third-order valence-electron chi connectivity index (χ3n) is 4.70. The molecule has 0 amide bonds. The first-order valence-corrected chi connectivity index (χ1v) is 10.1. The zero-order valence-electron chi connectivity index (χ0n) is 16.9. The largest absolute Gasteiger partial charge is 0.466 e. The zero-order chi connectivity index (χ0) is 22.1. The number of nitrogens with zero attached hydrogens (tertiary/aromatic N) is 2. The Morgan fingerprint density at radius 2 is 1.97 bits per heavy atom. The van der Waals surface area contributed by atoms with Crippen molar-refractivity contribution in [3.8, 4) is 5.75 Å². The summed E-state index contributed by atoms with van der Waals surface area (Å²) in [7, 11) is 1.28. The molecular weight excluding hydrogens is 420 g/mol. The van der Waals surface area contributed by atoms with E-state index in [1.54, 1.807) is 49.4 Å². The van der Waals surface area contributed by atoms with E-state index in [2.05, 4.69) is 4.99 Å². The van der Waals surface area contributed by atoms with Gasteiger partial charge in [-0.3, -0.25) is 14.2 Å². The predicted octanol–water partition coefficient (Wildman–Crippen LogP) is 1.93. The van der Waals surface area contributed by atoms with Gasteiger partial charge in [-0.05, 0) is 36.8 Å². The van der Waals surface area contributed by atoms with E-state index in [0.29, 0.717) is 32.1 Å². The van der Waals surface area contributed by atoms with Gasteiger partial charge in [-0.15, -0.1) is 0 Å². The summed E-state index contributed by atoms with van der Waals surface area (Å²) in [5, 5.41) is 0. The highest BCUT2D eigenvalue weighted by Crippen LogP contribution is 2.31. The Hall–Kier alpha value is -3.72. The first-order chi connectivity index (χ1) is 14.9. The molecule has 0 fully saturated rings. The third-order valence-corrected chi connectivity index (χ3v) is 5.68. The zero-order valence-corrected chi connectivity index (χ0v) is 17.8. The molecule has 0 aliphatic carbocycles. The molecule has 1 aromatic carbocycles. The summed E-state index contributed by atoms with van der Waals surface area (Å²) in [6.45, 7) is 3.02. The van der Waals surface area contributed by atoms with Gasteiger partial charge in [-0.25, -0.2) is 9.79 Å². The summed E-state index contributed by atoms with van der Waals surface area (Å²) in [6, 6.07) is 9.36. The minimum Gasteiger partial charge on any atom is -0.466 e. The molecule has 1 unspecified atom stereocenters. The van der Waals surface area contributed by atoms with Crippen LogP contribution < -0.4 is 19.6 Å². The summed E-state index contributed by atoms with van der Waals surface area (Å²) >= 11 is 1.21. The maximum absolute atomic E-state index is 13.3. The molecule has 0 bridgehead atoms. The van der Waals surface area contributed by atoms with Crippen LogP contribution in [0.5, 0.6) is 5.75 Å². The van der Waals surface area contributed by atoms with Crippen molar-refractivity contribution >= 4 is 29.4 Å². The van der Waals surface area contributed by atoms with Crippen LogP contribution in [0.1, 0.15) is 31.2 Å². The van der Waals surface area contributed by atoms with E-state index in [9.17, 15) is 14.4 Å². The number of rotatable bonds is 4. The van der Waals surface area contributed by atoms with E-state index in [1.165, 1.54) is 36.2 Å². The summed E-state index contributed by atoms with van der Waals surface area (Å²) in [6.07, 6.45) is 3.16. The molecule has 3 heterocycles. The van der Waals surface area contributed by atoms with Crippen LogP contribution in [0.3, 0.4) is 0 Å². The van der Waals surface area contributed by atoms with Gasteiger partial charge in [-0.1, -0.05) is 23.5 Å². The fourth-order valence-corrected chi connectivity index (χ4v) is 4.42. The van der Waals surface area contributed by atoms with Crippen LogP contribution in [0.25, 0.3) is 6.08 Å². The molecule has 8 nitrogen and oxygen atoms in total. The highest BCUT2D eigenvalue weighted by Gasteiger charge is 2.33. The van der Waals surface area contributed by atoms with Crippen LogP contribution in [0.15, 0.2) is 68.1 Å². The van der Waals surface area contributed by atoms with Crippen LogP contribution in [-0.2, 0) is 14.3 Å². The molecule has 3 aromatic rings. The molecule has 0 N–H and O–H groups in total. The highest BCUT2D eigenvalue weighted by atomic mass is 32.1. The lowest BCUT2D eigenvalue weighted by molar-refractivity contribution is -0.136. The van der Waals surface area contributed by atoms with E-state index in [0.717, 1.165) is 0 Å². The fourth-order valence-electron chi connectivity index (χ4n) is 3.39. The van der Waals surface area contributed by atoms with Gasteiger partial charge < -0.3 is 13.9 Å². The van der Waals surface area contributed by atoms with Crippen LogP contribution in [0, 0.1) is 0 Å². The number of hydrogen-bond acceptors (Lipinski definition) is 8. The monoisotopic (exact) mass is 438 g/mol. The number of fused-ring (bicyclic) bond motifs is 1. The maximum Gasteiger partial charge on any atom is 0.338 e. The molecule has 158 valence electrons. The van der Waals surface area contributed by atoms with Crippen molar-refractivity contribution in [3.05, 3.63) is 84.9 Å². The maximum atomic E-state index is 13.3. The Morgan fingerprint density at radius 3 is 2.58 bits per heavy atom. The van der Waals surface area contributed by atoms with Crippen LogP contribution in [0.4, 0.5) is 0 Å². The van der Waals surface area contributed by atoms with Crippen LogP contribution in [-0.4, -0.2) is 23.6 Å². The second-order valence-corrected chi connectivity index (χ2v) is 7.76. The van der Waals surface area contributed by atoms with E-state index in [4.69, 9.17) is 13.9 Å². The van der Waals surface area contributed by atoms with Crippen molar-refractivity contribution in [2.24, 2.45) is 4.99 Å². The summed E-state index contributed by atoms with van der Waals surface area (Å²) in [4.78, 5) is 42.1. The SMILES string of the molecule is COC(=O)C1=C(C)N=c2sc(=Cc3ccco3)c(=O)n2C1c1ccc(OC(C)=O)cc1. The molecular formula is C22H18N2O6S. The predicted molar refractivity (Wildman–Crippen MR) is 112 cm³/mol. The average molecular weight is 438 g/mol. The number of hydrogen-bond donors (Lipinski definition) is 0. The molecule has 1 atom stereocenters. The highest BCUT2D eigenvalue weighted by molar-refractivity contribution is 7.07. The van der Waals surface area contributed by atoms with E-state index in [1.807, 2.05) is 0 Å². The Balaban J connectivity index is 1.91. The molecule has 4 rings (SSSR count). The topological polar surface area (TPSA) is 100 Å². The Kier molecular flexibility index (Phi) is 5.43. The van der Waals surface area contributed by atoms with Crippen molar-refractivity contribution in [3.63, 3.8) is 0 Å². The fraction of sp³-hybridized carbons (Fsp3) is 0.182. The van der Waals surface area contributed by atoms with Crippen LogP contribution in [0.2, 0.25) is 0 Å². The molecule has 0 spiro atoms. The number of benzene rings is 1. The molecule has 31 heavy (non-hydrogen) atoms. The van der Waals surface area contributed by atoms with Gasteiger partial charge in [0.05, 0.1) is 35.2 Å². The molecule has 0 radical (unpaired) electrons. The minimum absolute atomic E-state index is 0.264. The molecule has 0 saturated carbocycles. The second-order valence-electron chi connectivity index (χ2n) is 6.75.